The summed E-state index contributed by atoms with van der Waals surface area (Å²) in [6.07, 6.45) is 5.45. The van der Waals surface area contributed by atoms with E-state index in [1.165, 1.54) is 24.0 Å². The third kappa shape index (κ3) is 3.38. The summed E-state index contributed by atoms with van der Waals surface area (Å²) in [6, 6.07) is 14.3. The van der Waals surface area contributed by atoms with Crippen molar-refractivity contribution >= 4 is 16.9 Å². The molecule has 0 bridgehead atoms. The number of imidazole rings is 1. The SMILES string of the molecule is O=C(NCC1NCCc2ccccc21)c1ccc2c(c1)[nH]c(=O)n2C1CCCC1. The lowest BCUT2D eigenvalue weighted by atomic mass is 9.94. The van der Waals surface area contributed by atoms with Crippen LogP contribution in [0.4, 0.5) is 0 Å². The van der Waals surface area contributed by atoms with Gasteiger partial charge in [0.15, 0.2) is 0 Å². The summed E-state index contributed by atoms with van der Waals surface area (Å²) in [7, 11) is 0. The molecule has 2 heterocycles. The number of benzene rings is 2. The van der Waals surface area contributed by atoms with Gasteiger partial charge < -0.3 is 15.6 Å². The minimum Gasteiger partial charge on any atom is -0.350 e. The summed E-state index contributed by atoms with van der Waals surface area (Å²) >= 11 is 0. The molecule has 6 heteroatoms. The Labute approximate surface area is 169 Å². The molecule has 1 aromatic heterocycles. The Morgan fingerprint density at radius 2 is 1.97 bits per heavy atom. The highest BCUT2D eigenvalue weighted by Crippen LogP contribution is 2.30. The number of hydrogen-bond donors (Lipinski definition) is 3. The highest BCUT2D eigenvalue weighted by atomic mass is 16.2. The van der Waals surface area contributed by atoms with Crippen molar-refractivity contribution in [3.05, 3.63) is 69.6 Å². The van der Waals surface area contributed by atoms with Crippen LogP contribution in [0.5, 0.6) is 0 Å². The van der Waals surface area contributed by atoms with E-state index in [0.29, 0.717) is 12.1 Å². The van der Waals surface area contributed by atoms with Gasteiger partial charge >= 0.3 is 5.69 Å². The molecule has 0 spiro atoms. The summed E-state index contributed by atoms with van der Waals surface area (Å²) < 4.78 is 1.87. The number of rotatable bonds is 4. The molecule has 1 saturated carbocycles. The second-order valence-corrected chi connectivity index (χ2v) is 8.14. The second-order valence-electron chi connectivity index (χ2n) is 8.14. The molecule has 5 rings (SSSR count). The van der Waals surface area contributed by atoms with E-state index in [1.54, 1.807) is 6.07 Å². The minimum atomic E-state index is -0.119. The highest BCUT2D eigenvalue weighted by molar-refractivity contribution is 5.97. The number of aromatic amines is 1. The van der Waals surface area contributed by atoms with Gasteiger partial charge in [0.25, 0.3) is 5.91 Å². The van der Waals surface area contributed by atoms with Crippen LogP contribution in [-0.2, 0) is 6.42 Å². The molecular formula is C23H26N4O2. The van der Waals surface area contributed by atoms with Crippen LogP contribution in [0.3, 0.4) is 0 Å². The van der Waals surface area contributed by atoms with Crippen molar-refractivity contribution in [2.45, 2.75) is 44.2 Å². The lowest BCUT2D eigenvalue weighted by molar-refractivity contribution is 0.0949. The average molecular weight is 390 g/mol. The van der Waals surface area contributed by atoms with E-state index in [4.69, 9.17) is 0 Å². The Balaban J connectivity index is 1.33. The van der Waals surface area contributed by atoms with Crippen LogP contribution in [-0.4, -0.2) is 28.5 Å². The van der Waals surface area contributed by atoms with Crippen LogP contribution < -0.4 is 16.3 Å². The largest absolute Gasteiger partial charge is 0.350 e. The van der Waals surface area contributed by atoms with Crippen molar-refractivity contribution in [3.63, 3.8) is 0 Å². The van der Waals surface area contributed by atoms with Crippen molar-refractivity contribution in [1.29, 1.82) is 0 Å². The standard InChI is InChI=1S/C23H26N4O2/c28-22(25-14-20-18-8-4-1-5-15(18)11-12-24-20)16-9-10-21-19(13-16)26-23(29)27(21)17-6-2-3-7-17/h1,4-5,8-10,13,17,20,24H,2-3,6-7,11-12,14H2,(H,25,28)(H,26,29). The Kier molecular flexibility index (Phi) is 4.72. The smallest absolute Gasteiger partial charge is 0.326 e. The van der Waals surface area contributed by atoms with Crippen LogP contribution in [0.2, 0.25) is 0 Å². The maximum atomic E-state index is 12.8. The molecule has 3 aromatic rings. The number of nitrogens with one attached hydrogen (secondary N) is 3. The van der Waals surface area contributed by atoms with E-state index < -0.39 is 0 Å². The topological polar surface area (TPSA) is 78.9 Å². The van der Waals surface area contributed by atoms with Crippen molar-refractivity contribution in [2.24, 2.45) is 0 Å². The molecule has 1 unspecified atom stereocenters. The van der Waals surface area contributed by atoms with Gasteiger partial charge in [0.05, 0.1) is 11.0 Å². The van der Waals surface area contributed by atoms with E-state index in [0.717, 1.165) is 36.8 Å². The fourth-order valence-electron chi connectivity index (χ4n) is 4.87. The Hall–Kier alpha value is -2.86. The zero-order chi connectivity index (χ0) is 19.8. The maximum absolute atomic E-state index is 12.8. The molecule has 1 aliphatic carbocycles. The fraction of sp³-hybridized carbons (Fsp3) is 0.391. The number of fused-ring (bicyclic) bond motifs is 2. The van der Waals surface area contributed by atoms with Gasteiger partial charge in [-0.15, -0.1) is 0 Å². The van der Waals surface area contributed by atoms with Crippen molar-refractivity contribution < 1.29 is 4.79 Å². The van der Waals surface area contributed by atoms with Gasteiger partial charge in [-0.25, -0.2) is 4.79 Å². The minimum absolute atomic E-state index is 0.0764. The maximum Gasteiger partial charge on any atom is 0.326 e. The number of nitrogens with zero attached hydrogens (tertiary/aromatic N) is 1. The van der Waals surface area contributed by atoms with Crippen molar-refractivity contribution in [1.82, 2.24) is 20.2 Å². The molecule has 1 amide bonds. The quantitative estimate of drug-likeness (QED) is 0.641. The van der Waals surface area contributed by atoms with Gasteiger partial charge in [-0.2, -0.15) is 0 Å². The third-order valence-corrected chi connectivity index (χ3v) is 6.35. The Morgan fingerprint density at radius 3 is 2.83 bits per heavy atom. The number of carbonyl (C=O) groups excluding carboxylic acids is 1. The molecule has 6 nitrogen and oxygen atoms in total. The Bertz CT molecular complexity index is 1110. The number of carbonyl (C=O) groups is 1. The van der Waals surface area contributed by atoms with Gasteiger partial charge in [0.2, 0.25) is 0 Å². The molecule has 2 aliphatic rings. The zero-order valence-corrected chi connectivity index (χ0v) is 16.4. The number of hydrogen-bond acceptors (Lipinski definition) is 3. The average Bonchev–Trinajstić information content (AvgIpc) is 3.38. The molecule has 150 valence electrons. The summed E-state index contributed by atoms with van der Waals surface area (Å²) in [6.45, 7) is 1.45. The van der Waals surface area contributed by atoms with E-state index in [1.807, 2.05) is 22.8 Å². The monoisotopic (exact) mass is 390 g/mol. The first-order chi connectivity index (χ1) is 14.2. The molecule has 0 saturated heterocycles. The van der Waals surface area contributed by atoms with Crippen molar-refractivity contribution in [3.8, 4) is 0 Å². The van der Waals surface area contributed by atoms with Crippen LogP contribution in [0.1, 0.15) is 59.3 Å². The summed E-state index contributed by atoms with van der Waals surface area (Å²) in [5, 5.41) is 6.54. The number of H-pyrrole nitrogens is 1. The van der Waals surface area contributed by atoms with Crippen LogP contribution in [0.25, 0.3) is 11.0 Å². The van der Waals surface area contributed by atoms with E-state index in [9.17, 15) is 9.59 Å². The fourth-order valence-corrected chi connectivity index (χ4v) is 4.87. The van der Waals surface area contributed by atoms with Crippen LogP contribution >= 0.6 is 0 Å². The number of aromatic nitrogens is 2. The first-order valence-electron chi connectivity index (χ1n) is 10.5. The molecule has 1 atom stereocenters. The van der Waals surface area contributed by atoms with Gasteiger partial charge in [0.1, 0.15) is 0 Å². The first kappa shape index (κ1) is 18.2. The predicted octanol–water partition coefficient (Wildman–Crippen LogP) is 3.06. The molecule has 3 N–H and O–H groups in total. The molecule has 29 heavy (non-hydrogen) atoms. The van der Waals surface area contributed by atoms with Gasteiger partial charge in [-0.1, -0.05) is 37.1 Å². The molecular weight excluding hydrogens is 364 g/mol. The van der Waals surface area contributed by atoms with Gasteiger partial charge in [0, 0.05) is 24.2 Å². The highest BCUT2D eigenvalue weighted by Gasteiger charge is 2.22. The third-order valence-electron chi connectivity index (χ3n) is 6.35. The Morgan fingerprint density at radius 1 is 1.14 bits per heavy atom. The number of amides is 1. The molecule has 2 aromatic carbocycles. The molecule has 1 fully saturated rings. The van der Waals surface area contributed by atoms with E-state index in [-0.39, 0.29) is 23.7 Å². The van der Waals surface area contributed by atoms with E-state index >= 15 is 0 Å². The lowest BCUT2D eigenvalue weighted by Gasteiger charge is -2.27. The zero-order valence-electron chi connectivity index (χ0n) is 16.4. The molecule has 0 radical (unpaired) electrons. The van der Waals surface area contributed by atoms with Gasteiger partial charge in [-0.05, 0) is 55.1 Å². The van der Waals surface area contributed by atoms with E-state index in [2.05, 4.69) is 33.8 Å². The predicted molar refractivity (Wildman–Crippen MR) is 113 cm³/mol. The lowest BCUT2D eigenvalue weighted by Crippen LogP contribution is -2.38. The summed E-state index contributed by atoms with van der Waals surface area (Å²) in [5.41, 5.74) is 4.72. The van der Waals surface area contributed by atoms with Crippen molar-refractivity contribution in [2.75, 3.05) is 13.1 Å². The van der Waals surface area contributed by atoms with Crippen LogP contribution in [0, 0.1) is 0 Å². The van der Waals surface area contributed by atoms with Gasteiger partial charge in [-0.3, -0.25) is 9.36 Å². The normalized spacial score (nSPS) is 19.4. The van der Waals surface area contributed by atoms with Crippen LogP contribution in [0.15, 0.2) is 47.3 Å². The molecule has 1 aliphatic heterocycles. The second kappa shape index (κ2) is 7.52. The first-order valence-corrected chi connectivity index (χ1v) is 10.5. The summed E-state index contributed by atoms with van der Waals surface area (Å²) in [5.74, 6) is -0.119. The summed E-state index contributed by atoms with van der Waals surface area (Å²) in [4.78, 5) is 28.1.